The van der Waals surface area contributed by atoms with Crippen LogP contribution in [0.3, 0.4) is 0 Å². The maximum Gasteiger partial charge on any atom is 0.0482 e. The van der Waals surface area contributed by atoms with E-state index in [0.29, 0.717) is 0 Å². The van der Waals surface area contributed by atoms with Gasteiger partial charge < -0.3 is 9.88 Å². The van der Waals surface area contributed by atoms with Gasteiger partial charge in [0.25, 0.3) is 0 Å². The van der Waals surface area contributed by atoms with Crippen molar-refractivity contribution in [3.63, 3.8) is 0 Å². The second-order valence-corrected chi connectivity index (χ2v) is 5.53. The van der Waals surface area contributed by atoms with Crippen molar-refractivity contribution in [1.82, 2.24) is 9.88 Å². The molecule has 3 heteroatoms. The van der Waals surface area contributed by atoms with E-state index in [0.717, 1.165) is 12.5 Å². The molecular formula is C17H23ClN2. The van der Waals surface area contributed by atoms with Crippen LogP contribution in [-0.2, 0) is 6.54 Å². The maximum atomic E-state index is 3.45. The standard InChI is InChI=1S/C17H22N2.ClH/c1-14-7-8-17(16-5-3-2-4-6-16)19(14)13-15-9-11-18-12-10-15;/h2-8,15,18H,9-13H2,1H3;1H. The molecule has 0 bridgehead atoms. The zero-order valence-electron chi connectivity index (χ0n) is 12.0. The minimum atomic E-state index is 0. The van der Waals surface area contributed by atoms with Crippen molar-refractivity contribution in [3.05, 3.63) is 48.2 Å². The maximum absolute atomic E-state index is 3.45. The van der Waals surface area contributed by atoms with Crippen LogP contribution in [0.1, 0.15) is 18.5 Å². The molecule has 2 aromatic rings. The molecule has 0 saturated carbocycles. The van der Waals surface area contributed by atoms with Gasteiger partial charge in [-0.2, -0.15) is 0 Å². The number of nitrogens with one attached hydrogen (secondary N) is 1. The molecule has 1 aliphatic heterocycles. The fraction of sp³-hybridized carbons (Fsp3) is 0.412. The average molecular weight is 291 g/mol. The minimum absolute atomic E-state index is 0. The monoisotopic (exact) mass is 290 g/mol. The van der Waals surface area contributed by atoms with Gasteiger partial charge in [-0.15, -0.1) is 12.4 Å². The Morgan fingerprint density at radius 2 is 1.75 bits per heavy atom. The Morgan fingerprint density at radius 1 is 1.05 bits per heavy atom. The number of aromatic nitrogens is 1. The number of aryl methyl sites for hydroxylation is 1. The van der Waals surface area contributed by atoms with Gasteiger partial charge in [-0.25, -0.2) is 0 Å². The van der Waals surface area contributed by atoms with E-state index in [2.05, 4.69) is 59.3 Å². The normalized spacial score (nSPS) is 15.8. The lowest BCUT2D eigenvalue weighted by molar-refractivity contribution is 0.333. The van der Waals surface area contributed by atoms with E-state index in [9.17, 15) is 0 Å². The van der Waals surface area contributed by atoms with Crippen molar-refractivity contribution < 1.29 is 0 Å². The summed E-state index contributed by atoms with van der Waals surface area (Å²) >= 11 is 0. The van der Waals surface area contributed by atoms with Gasteiger partial charge >= 0.3 is 0 Å². The highest BCUT2D eigenvalue weighted by atomic mass is 35.5. The predicted octanol–water partition coefficient (Wildman–Crippen LogP) is 3.88. The molecule has 0 radical (unpaired) electrons. The van der Waals surface area contributed by atoms with Crippen molar-refractivity contribution >= 4 is 12.4 Å². The molecule has 1 fully saturated rings. The van der Waals surface area contributed by atoms with E-state index in [4.69, 9.17) is 0 Å². The van der Waals surface area contributed by atoms with E-state index < -0.39 is 0 Å². The molecule has 1 aromatic heterocycles. The van der Waals surface area contributed by atoms with Crippen LogP contribution in [0.15, 0.2) is 42.5 Å². The summed E-state index contributed by atoms with van der Waals surface area (Å²) in [5.41, 5.74) is 4.05. The highest BCUT2D eigenvalue weighted by molar-refractivity contribution is 5.85. The smallest absolute Gasteiger partial charge is 0.0482 e. The number of rotatable bonds is 3. The third-order valence-electron chi connectivity index (χ3n) is 4.17. The van der Waals surface area contributed by atoms with E-state index in [1.165, 1.54) is 42.9 Å². The summed E-state index contributed by atoms with van der Waals surface area (Å²) in [7, 11) is 0. The van der Waals surface area contributed by atoms with Gasteiger partial charge in [-0.05, 0) is 56.5 Å². The molecule has 1 aromatic carbocycles. The molecule has 0 amide bonds. The van der Waals surface area contributed by atoms with Crippen LogP contribution < -0.4 is 5.32 Å². The number of nitrogens with zero attached hydrogens (tertiary/aromatic N) is 1. The molecule has 20 heavy (non-hydrogen) atoms. The first-order valence-corrected chi connectivity index (χ1v) is 7.27. The van der Waals surface area contributed by atoms with Gasteiger partial charge in [0.2, 0.25) is 0 Å². The van der Waals surface area contributed by atoms with Crippen LogP contribution in [0.2, 0.25) is 0 Å². The largest absolute Gasteiger partial charge is 0.345 e. The third-order valence-corrected chi connectivity index (χ3v) is 4.17. The van der Waals surface area contributed by atoms with E-state index in [1.54, 1.807) is 0 Å². The Hall–Kier alpha value is -1.25. The molecule has 0 atom stereocenters. The first-order chi connectivity index (χ1) is 9.34. The second kappa shape index (κ2) is 6.96. The highest BCUT2D eigenvalue weighted by Crippen LogP contribution is 2.25. The van der Waals surface area contributed by atoms with Crippen molar-refractivity contribution in [1.29, 1.82) is 0 Å². The lowest BCUT2D eigenvalue weighted by Gasteiger charge is -2.25. The first kappa shape index (κ1) is 15.1. The molecular weight excluding hydrogens is 268 g/mol. The van der Waals surface area contributed by atoms with Crippen LogP contribution in [0.25, 0.3) is 11.3 Å². The molecule has 0 unspecified atom stereocenters. The molecule has 3 rings (SSSR count). The van der Waals surface area contributed by atoms with Crippen LogP contribution in [0.5, 0.6) is 0 Å². The van der Waals surface area contributed by atoms with Gasteiger partial charge in [-0.3, -0.25) is 0 Å². The molecule has 2 nitrogen and oxygen atoms in total. The van der Waals surface area contributed by atoms with E-state index >= 15 is 0 Å². The lowest BCUT2D eigenvalue weighted by atomic mass is 9.98. The lowest BCUT2D eigenvalue weighted by Crippen LogP contribution is -2.30. The zero-order valence-corrected chi connectivity index (χ0v) is 12.8. The molecule has 108 valence electrons. The molecule has 1 N–H and O–H groups in total. The first-order valence-electron chi connectivity index (χ1n) is 7.27. The molecule has 0 aliphatic carbocycles. The van der Waals surface area contributed by atoms with Gasteiger partial charge in [0.15, 0.2) is 0 Å². The summed E-state index contributed by atoms with van der Waals surface area (Å²) in [4.78, 5) is 0. The number of benzene rings is 1. The Balaban J connectivity index is 0.00000147. The summed E-state index contributed by atoms with van der Waals surface area (Å²) in [5, 5.41) is 3.45. The fourth-order valence-corrected chi connectivity index (χ4v) is 3.00. The van der Waals surface area contributed by atoms with Crippen molar-refractivity contribution in [2.45, 2.75) is 26.3 Å². The van der Waals surface area contributed by atoms with Gasteiger partial charge in [-0.1, -0.05) is 30.3 Å². The summed E-state index contributed by atoms with van der Waals surface area (Å²) in [6.45, 7) is 5.72. The predicted molar refractivity (Wildman–Crippen MR) is 87.4 cm³/mol. The van der Waals surface area contributed by atoms with Gasteiger partial charge in [0.05, 0.1) is 0 Å². The molecule has 2 heterocycles. The quantitative estimate of drug-likeness (QED) is 0.907. The Labute approximate surface area is 127 Å². The molecule has 1 aliphatic rings. The molecule has 0 spiro atoms. The van der Waals surface area contributed by atoms with Crippen LogP contribution in [0, 0.1) is 12.8 Å². The third kappa shape index (κ3) is 3.25. The highest BCUT2D eigenvalue weighted by Gasteiger charge is 2.16. The zero-order chi connectivity index (χ0) is 13.1. The van der Waals surface area contributed by atoms with Gasteiger partial charge in [0.1, 0.15) is 0 Å². The minimum Gasteiger partial charge on any atom is -0.345 e. The van der Waals surface area contributed by atoms with Gasteiger partial charge in [0, 0.05) is 17.9 Å². The number of halogens is 1. The average Bonchev–Trinajstić information content (AvgIpc) is 2.82. The second-order valence-electron chi connectivity index (χ2n) is 5.53. The van der Waals surface area contributed by atoms with Crippen LogP contribution in [-0.4, -0.2) is 17.7 Å². The topological polar surface area (TPSA) is 17.0 Å². The van der Waals surface area contributed by atoms with Crippen molar-refractivity contribution in [2.75, 3.05) is 13.1 Å². The Bertz CT molecular complexity index is 527. The summed E-state index contributed by atoms with van der Waals surface area (Å²) < 4.78 is 2.49. The SMILES string of the molecule is Cc1ccc(-c2ccccc2)n1CC1CCNCC1.Cl. The van der Waals surface area contributed by atoms with Crippen molar-refractivity contribution in [2.24, 2.45) is 5.92 Å². The van der Waals surface area contributed by atoms with E-state index in [1.807, 2.05) is 0 Å². The fourth-order valence-electron chi connectivity index (χ4n) is 3.00. The Morgan fingerprint density at radius 3 is 2.45 bits per heavy atom. The summed E-state index contributed by atoms with van der Waals surface area (Å²) in [6, 6.07) is 15.2. The summed E-state index contributed by atoms with van der Waals surface area (Å²) in [5.74, 6) is 0.815. The number of hydrogen-bond donors (Lipinski definition) is 1. The van der Waals surface area contributed by atoms with Crippen LogP contribution >= 0.6 is 12.4 Å². The Kier molecular flexibility index (Phi) is 5.27. The number of hydrogen-bond acceptors (Lipinski definition) is 1. The summed E-state index contributed by atoms with van der Waals surface area (Å²) in [6.07, 6.45) is 2.59. The van der Waals surface area contributed by atoms with Crippen molar-refractivity contribution in [3.8, 4) is 11.3 Å². The number of piperidine rings is 1. The molecule has 1 saturated heterocycles. The van der Waals surface area contributed by atoms with Crippen LogP contribution in [0.4, 0.5) is 0 Å². The van der Waals surface area contributed by atoms with E-state index in [-0.39, 0.29) is 12.4 Å².